The first kappa shape index (κ1) is 16.0. The summed E-state index contributed by atoms with van der Waals surface area (Å²) in [5.74, 6) is 0.666. The lowest BCUT2D eigenvalue weighted by atomic mass is 9.79. The van der Waals surface area contributed by atoms with Crippen LogP contribution in [0.2, 0.25) is 0 Å². The molecule has 0 spiro atoms. The van der Waals surface area contributed by atoms with Gasteiger partial charge in [0.2, 0.25) is 0 Å². The van der Waals surface area contributed by atoms with E-state index >= 15 is 0 Å². The summed E-state index contributed by atoms with van der Waals surface area (Å²) in [5, 5.41) is 18.3. The highest BCUT2D eigenvalue weighted by Crippen LogP contribution is 2.17. The van der Waals surface area contributed by atoms with Gasteiger partial charge < -0.3 is 24.3 Å². The molecule has 0 fully saturated rings. The Morgan fingerprint density at radius 2 is 1.84 bits per heavy atom. The van der Waals surface area contributed by atoms with Crippen molar-refractivity contribution in [2.24, 2.45) is 0 Å². The van der Waals surface area contributed by atoms with Crippen LogP contribution in [-0.4, -0.2) is 44.1 Å². The summed E-state index contributed by atoms with van der Waals surface area (Å²) in [7, 11) is 0.0793. The van der Waals surface area contributed by atoms with Crippen LogP contribution >= 0.6 is 0 Å². The number of hydrogen-bond acceptors (Lipinski definition) is 5. The molecule has 0 aliphatic heterocycles. The van der Waals surface area contributed by atoms with E-state index in [2.05, 4.69) is 6.92 Å². The fraction of sp³-hybridized carbons (Fsp3) is 0.538. The van der Waals surface area contributed by atoms with Crippen molar-refractivity contribution >= 4 is 12.6 Å². The van der Waals surface area contributed by atoms with Gasteiger partial charge in [0.05, 0.1) is 26.9 Å². The van der Waals surface area contributed by atoms with E-state index in [4.69, 9.17) is 24.3 Å². The van der Waals surface area contributed by atoms with Crippen molar-refractivity contribution < 1.29 is 24.3 Å². The first-order chi connectivity index (χ1) is 9.19. The molecule has 0 aliphatic carbocycles. The first-order valence-electron chi connectivity index (χ1n) is 6.37. The number of rotatable bonds is 9. The largest absolute Gasteiger partial charge is 0.496 e. The summed E-state index contributed by atoms with van der Waals surface area (Å²) < 4.78 is 16.0. The highest BCUT2D eigenvalue weighted by atomic mass is 16.5. The lowest BCUT2D eigenvalue weighted by Gasteiger charge is -2.11. The molecule has 0 unspecified atom stereocenters. The van der Waals surface area contributed by atoms with Gasteiger partial charge in [0.25, 0.3) is 0 Å². The van der Waals surface area contributed by atoms with Crippen molar-refractivity contribution in [2.75, 3.05) is 26.9 Å². The zero-order valence-corrected chi connectivity index (χ0v) is 11.5. The topological polar surface area (TPSA) is 68.2 Å². The fourth-order valence-corrected chi connectivity index (χ4v) is 1.62. The van der Waals surface area contributed by atoms with E-state index in [0.29, 0.717) is 31.0 Å². The molecule has 0 aromatic heterocycles. The Kier molecular flexibility index (Phi) is 7.51. The molecule has 0 saturated heterocycles. The van der Waals surface area contributed by atoms with Crippen LogP contribution in [0.15, 0.2) is 18.2 Å². The van der Waals surface area contributed by atoms with E-state index in [-0.39, 0.29) is 0 Å². The molecule has 1 rings (SSSR count). The Hall–Kier alpha value is -1.08. The van der Waals surface area contributed by atoms with Crippen LogP contribution in [0.1, 0.15) is 18.9 Å². The van der Waals surface area contributed by atoms with Gasteiger partial charge in [0, 0.05) is 12.2 Å². The Balaban J connectivity index is 2.48. The van der Waals surface area contributed by atoms with Crippen LogP contribution in [0.5, 0.6) is 5.75 Å². The predicted molar refractivity (Wildman–Crippen MR) is 73.6 cm³/mol. The lowest BCUT2D eigenvalue weighted by Crippen LogP contribution is -2.30. The van der Waals surface area contributed by atoms with Crippen molar-refractivity contribution in [2.45, 2.75) is 20.0 Å². The van der Waals surface area contributed by atoms with Gasteiger partial charge in [-0.05, 0) is 17.9 Å². The molecule has 0 saturated carbocycles. The van der Waals surface area contributed by atoms with Crippen molar-refractivity contribution in [1.29, 1.82) is 0 Å². The molecule has 2 N–H and O–H groups in total. The Morgan fingerprint density at radius 1 is 1.11 bits per heavy atom. The number of methoxy groups -OCH3 is 1. The third-order valence-corrected chi connectivity index (χ3v) is 2.58. The van der Waals surface area contributed by atoms with E-state index in [9.17, 15) is 0 Å². The molecule has 0 bridgehead atoms. The summed E-state index contributed by atoms with van der Waals surface area (Å²) in [5.41, 5.74) is 1.20. The van der Waals surface area contributed by atoms with Gasteiger partial charge in [-0.1, -0.05) is 19.1 Å². The summed E-state index contributed by atoms with van der Waals surface area (Å²) in [6, 6.07) is 4.97. The SMILES string of the molecule is CCCOCCOCc1cc(B(O)O)ccc1OC. The normalized spacial score (nSPS) is 10.5. The quantitative estimate of drug-likeness (QED) is 0.498. The molecule has 0 heterocycles. The second-order valence-electron chi connectivity index (χ2n) is 4.11. The number of benzene rings is 1. The van der Waals surface area contributed by atoms with E-state index in [1.165, 1.54) is 0 Å². The molecule has 0 amide bonds. The lowest BCUT2D eigenvalue weighted by molar-refractivity contribution is 0.0402. The van der Waals surface area contributed by atoms with Crippen LogP contribution in [0.4, 0.5) is 0 Å². The maximum atomic E-state index is 9.13. The average Bonchev–Trinajstić information content (AvgIpc) is 2.42. The summed E-state index contributed by atoms with van der Waals surface area (Å²) in [4.78, 5) is 0. The molecule has 0 atom stereocenters. The minimum absolute atomic E-state index is 0.346. The maximum Gasteiger partial charge on any atom is 0.488 e. The first-order valence-corrected chi connectivity index (χ1v) is 6.37. The van der Waals surface area contributed by atoms with Gasteiger partial charge in [-0.2, -0.15) is 0 Å². The van der Waals surface area contributed by atoms with Crippen LogP contribution < -0.4 is 10.2 Å². The van der Waals surface area contributed by atoms with E-state index in [1.807, 2.05) is 0 Å². The zero-order chi connectivity index (χ0) is 14.1. The van der Waals surface area contributed by atoms with Gasteiger partial charge >= 0.3 is 7.12 Å². The molecule has 106 valence electrons. The van der Waals surface area contributed by atoms with Gasteiger partial charge in [-0.3, -0.25) is 0 Å². The Bertz CT molecular complexity index is 370. The van der Waals surface area contributed by atoms with Crippen molar-refractivity contribution in [3.63, 3.8) is 0 Å². The molecular weight excluding hydrogens is 247 g/mol. The second-order valence-corrected chi connectivity index (χ2v) is 4.11. The standard InChI is InChI=1S/C13H21BO5/c1-3-6-18-7-8-19-10-11-9-12(14(15)16)4-5-13(11)17-2/h4-5,9,15-16H,3,6-8,10H2,1-2H3. The average molecular weight is 268 g/mol. The second kappa shape index (κ2) is 8.93. The third-order valence-electron chi connectivity index (χ3n) is 2.58. The summed E-state index contributed by atoms with van der Waals surface area (Å²) in [6.07, 6.45) is 0.990. The molecule has 0 aliphatic rings. The highest BCUT2D eigenvalue weighted by Gasteiger charge is 2.13. The Labute approximate surface area is 114 Å². The molecule has 5 nitrogen and oxygen atoms in total. The molecule has 1 aromatic carbocycles. The maximum absolute atomic E-state index is 9.13. The summed E-state index contributed by atoms with van der Waals surface area (Å²) in [6.45, 7) is 4.18. The summed E-state index contributed by atoms with van der Waals surface area (Å²) >= 11 is 0. The van der Waals surface area contributed by atoms with Gasteiger partial charge in [-0.25, -0.2) is 0 Å². The predicted octanol–water partition coefficient (Wildman–Crippen LogP) is 0.318. The van der Waals surface area contributed by atoms with Crippen LogP contribution in [0.25, 0.3) is 0 Å². The van der Waals surface area contributed by atoms with E-state index < -0.39 is 7.12 Å². The third kappa shape index (κ3) is 5.61. The van der Waals surface area contributed by atoms with Gasteiger partial charge in [0.15, 0.2) is 0 Å². The smallest absolute Gasteiger partial charge is 0.488 e. The molecule has 1 aromatic rings. The molecular formula is C13H21BO5. The van der Waals surface area contributed by atoms with Crippen LogP contribution in [0, 0.1) is 0 Å². The monoisotopic (exact) mass is 268 g/mol. The number of hydrogen-bond donors (Lipinski definition) is 2. The van der Waals surface area contributed by atoms with Crippen LogP contribution in [0.3, 0.4) is 0 Å². The van der Waals surface area contributed by atoms with Gasteiger partial charge in [0.1, 0.15) is 5.75 Å². The van der Waals surface area contributed by atoms with E-state index in [1.54, 1.807) is 25.3 Å². The molecule has 19 heavy (non-hydrogen) atoms. The van der Waals surface area contributed by atoms with Gasteiger partial charge in [-0.15, -0.1) is 0 Å². The van der Waals surface area contributed by atoms with Crippen LogP contribution in [-0.2, 0) is 16.1 Å². The molecule has 0 radical (unpaired) electrons. The zero-order valence-electron chi connectivity index (χ0n) is 11.5. The Morgan fingerprint density at radius 3 is 2.47 bits per heavy atom. The highest BCUT2D eigenvalue weighted by molar-refractivity contribution is 6.58. The minimum atomic E-state index is -1.49. The fourth-order valence-electron chi connectivity index (χ4n) is 1.62. The molecule has 6 heteroatoms. The van der Waals surface area contributed by atoms with Crippen molar-refractivity contribution in [3.8, 4) is 5.75 Å². The van der Waals surface area contributed by atoms with Crippen molar-refractivity contribution in [1.82, 2.24) is 0 Å². The van der Waals surface area contributed by atoms with Crippen molar-refractivity contribution in [3.05, 3.63) is 23.8 Å². The number of ether oxygens (including phenoxy) is 3. The minimum Gasteiger partial charge on any atom is -0.496 e. The van der Waals surface area contributed by atoms with E-state index in [0.717, 1.165) is 18.6 Å².